The van der Waals surface area contributed by atoms with Crippen molar-refractivity contribution in [1.82, 2.24) is 5.32 Å². The van der Waals surface area contributed by atoms with Gasteiger partial charge in [0.2, 0.25) is 0 Å². The Balaban J connectivity index is 2.37. The van der Waals surface area contributed by atoms with E-state index in [-0.39, 0.29) is 31.1 Å². The summed E-state index contributed by atoms with van der Waals surface area (Å²) in [6.45, 7) is 3.47. The van der Waals surface area contributed by atoms with Crippen molar-refractivity contribution in [3.63, 3.8) is 0 Å². The van der Waals surface area contributed by atoms with Crippen molar-refractivity contribution in [3.8, 4) is 5.75 Å². The smallest absolute Gasteiger partial charge is 0.258 e. The molecule has 0 fully saturated rings. The molecule has 18 heavy (non-hydrogen) atoms. The molecule has 0 saturated heterocycles. The van der Waals surface area contributed by atoms with Gasteiger partial charge in [-0.15, -0.1) is 0 Å². The van der Waals surface area contributed by atoms with Crippen LogP contribution in [-0.2, 0) is 4.79 Å². The number of ether oxygens (including phenoxy) is 1. The van der Waals surface area contributed by atoms with Gasteiger partial charge in [0.25, 0.3) is 5.91 Å². The topological polar surface area (TPSA) is 58.6 Å². The molecule has 1 aromatic rings. The molecule has 0 saturated carbocycles. The largest absolute Gasteiger partial charge is 0.484 e. The summed E-state index contributed by atoms with van der Waals surface area (Å²) in [6, 6.07) is 5.47. The van der Waals surface area contributed by atoms with Gasteiger partial charge in [0, 0.05) is 18.7 Å². The lowest BCUT2D eigenvalue weighted by molar-refractivity contribution is -0.124. The molecule has 0 bridgehead atoms. The Hall–Kier alpha value is -1.62. The second-order valence-corrected chi connectivity index (χ2v) is 4.26. The van der Waals surface area contributed by atoms with Crippen LogP contribution in [-0.4, -0.2) is 30.3 Å². The van der Waals surface area contributed by atoms with Crippen molar-refractivity contribution in [2.75, 3.05) is 13.2 Å². The Morgan fingerprint density at radius 1 is 1.50 bits per heavy atom. The van der Waals surface area contributed by atoms with Crippen molar-refractivity contribution >= 4 is 5.91 Å². The number of hydrogen-bond donors (Lipinski definition) is 2. The van der Waals surface area contributed by atoms with E-state index in [2.05, 4.69) is 5.32 Å². The quantitative estimate of drug-likeness (QED) is 0.806. The Morgan fingerprint density at radius 3 is 2.83 bits per heavy atom. The molecular weight excluding hydrogens is 237 g/mol. The highest BCUT2D eigenvalue weighted by molar-refractivity contribution is 5.77. The van der Waals surface area contributed by atoms with Crippen LogP contribution in [0, 0.1) is 11.7 Å². The first-order valence-electron chi connectivity index (χ1n) is 5.81. The van der Waals surface area contributed by atoms with Crippen LogP contribution >= 0.6 is 0 Å². The molecule has 0 aromatic heterocycles. The predicted octanol–water partition coefficient (Wildman–Crippen LogP) is 1.34. The van der Waals surface area contributed by atoms with Gasteiger partial charge >= 0.3 is 0 Å². The van der Waals surface area contributed by atoms with E-state index in [9.17, 15) is 9.18 Å². The minimum atomic E-state index is -0.407. The third-order valence-electron chi connectivity index (χ3n) is 2.70. The van der Waals surface area contributed by atoms with E-state index in [0.717, 1.165) is 0 Å². The molecule has 0 aliphatic carbocycles. The van der Waals surface area contributed by atoms with Gasteiger partial charge in [-0.25, -0.2) is 4.39 Å². The number of aliphatic hydroxyl groups is 1. The number of halogens is 1. The molecule has 2 unspecified atom stereocenters. The molecule has 1 rings (SSSR count). The maximum atomic E-state index is 12.8. The summed E-state index contributed by atoms with van der Waals surface area (Å²) in [5, 5.41) is 11.6. The van der Waals surface area contributed by atoms with Gasteiger partial charge in [-0.2, -0.15) is 0 Å². The standard InChI is InChI=1S/C13H18FNO3/c1-9(7-16)10(2)15-13(17)8-18-12-5-3-4-11(14)6-12/h3-6,9-10,16H,7-8H2,1-2H3,(H,15,17). The van der Waals surface area contributed by atoms with E-state index < -0.39 is 5.82 Å². The van der Waals surface area contributed by atoms with Crippen LogP contribution in [0.3, 0.4) is 0 Å². The van der Waals surface area contributed by atoms with Crippen molar-refractivity contribution in [2.24, 2.45) is 5.92 Å². The fourth-order valence-electron chi connectivity index (χ4n) is 1.30. The van der Waals surface area contributed by atoms with E-state index in [1.807, 2.05) is 6.92 Å². The first-order chi connectivity index (χ1) is 8.52. The molecule has 5 heteroatoms. The number of nitrogens with one attached hydrogen (secondary N) is 1. The highest BCUT2D eigenvalue weighted by atomic mass is 19.1. The molecule has 0 heterocycles. The lowest BCUT2D eigenvalue weighted by atomic mass is 10.1. The second-order valence-electron chi connectivity index (χ2n) is 4.26. The number of rotatable bonds is 6. The summed E-state index contributed by atoms with van der Waals surface area (Å²) in [6.07, 6.45) is 0. The van der Waals surface area contributed by atoms with E-state index in [1.165, 1.54) is 18.2 Å². The van der Waals surface area contributed by atoms with E-state index in [0.29, 0.717) is 5.75 Å². The number of hydrogen-bond acceptors (Lipinski definition) is 3. The number of amides is 1. The molecule has 0 aliphatic heterocycles. The van der Waals surface area contributed by atoms with E-state index in [4.69, 9.17) is 9.84 Å². The fourth-order valence-corrected chi connectivity index (χ4v) is 1.30. The summed E-state index contributed by atoms with van der Waals surface area (Å²) in [4.78, 5) is 11.5. The fraction of sp³-hybridized carbons (Fsp3) is 0.462. The normalized spacial score (nSPS) is 13.8. The molecule has 0 spiro atoms. The van der Waals surface area contributed by atoms with Gasteiger partial charge in [-0.05, 0) is 25.0 Å². The van der Waals surface area contributed by atoms with Gasteiger partial charge < -0.3 is 15.2 Å². The third-order valence-corrected chi connectivity index (χ3v) is 2.70. The maximum absolute atomic E-state index is 12.8. The Kier molecular flexibility index (Phi) is 5.58. The molecule has 2 atom stereocenters. The van der Waals surface area contributed by atoms with Crippen LogP contribution in [0.15, 0.2) is 24.3 Å². The van der Waals surface area contributed by atoms with Gasteiger partial charge in [0.15, 0.2) is 6.61 Å². The van der Waals surface area contributed by atoms with Crippen molar-refractivity contribution in [3.05, 3.63) is 30.1 Å². The molecule has 4 nitrogen and oxygen atoms in total. The number of carbonyl (C=O) groups excluding carboxylic acids is 1. The average Bonchev–Trinajstić information content (AvgIpc) is 2.35. The van der Waals surface area contributed by atoms with Crippen LogP contribution in [0.1, 0.15) is 13.8 Å². The predicted molar refractivity (Wildman–Crippen MR) is 65.7 cm³/mol. The highest BCUT2D eigenvalue weighted by Crippen LogP contribution is 2.11. The van der Waals surface area contributed by atoms with Crippen molar-refractivity contribution in [1.29, 1.82) is 0 Å². The zero-order valence-corrected chi connectivity index (χ0v) is 10.5. The first kappa shape index (κ1) is 14.4. The maximum Gasteiger partial charge on any atom is 0.258 e. The van der Waals surface area contributed by atoms with Crippen molar-refractivity contribution in [2.45, 2.75) is 19.9 Å². The Bertz CT molecular complexity index is 398. The average molecular weight is 255 g/mol. The van der Waals surface area contributed by atoms with Crippen LogP contribution in [0.5, 0.6) is 5.75 Å². The zero-order valence-electron chi connectivity index (χ0n) is 10.5. The molecular formula is C13H18FNO3. The molecule has 2 N–H and O–H groups in total. The minimum Gasteiger partial charge on any atom is -0.484 e. The number of carbonyl (C=O) groups is 1. The highest BCUT2D eigenvalue weighted by Gasteiger charge is 2.14. The SMILES string of the molecule is CC(CO)C(C)NC(=O)COc1cccc(F)c1. The lowest BCUT2D eigenvalue weighted by Crippen LogP contribution is -2.40. The van der Waals surface area contributed by atoms with Crippen molar-refractivity contribution < 1.29 is 19.0 Å². The van der Waals surface area contributed by atoms with Gasteiger partial charge in [-0.1, -0.05) is 13.0 Å². The van der Waals surface area contributed by atoms with Crippen LogP contribution in [0.2, 0.25) is 0 Å². The molecule has 0 radical (unpaired) electrons. The molecule has 100 valence electrons. The molecule has 1 amide bonds. The zero-order chi connectivity index (χ0) is 13.5. The summed E-state index contributed by atoms with van der Waals surface area (Å²) < 4.78 is 18.0. The van der Waals surface area contributed by atoms with Crippen LogP contribution < -0.4 is 10.1 Å². The lowest BCUT2D eigenvalue weighted by Gasteiger charge is -2.19. The van der Waals surface area contributed by atoms with Gasteiger partial charge in [0.1, 0.15) is 11.6 Å². The van der Waals surface area contributed by atoms with Crippen LogP contribution in [0.4, 0.5) is 4.39 Å². The third kappa shape index (κ3) is 4.71. The summed E-state index contributed by atoms with van der Waals surface area (Å²) >= 11 is 0. The first-order valence-corrected chi connectivity index (χ1v) is 5.81. The molecule has 1 aromatic carbocycles. The van der Waals surface area contributed by atoms with Gasteiger partial charge in [0.05, 0.1) is 0 Å². The Morgan fingerprint density at radius 2 is 2.22 bits per heavy atom. The van der Waals surface area contributed by atoms with Crippen LogP contribution in [0.25, 0.3) is 0 Å². The summed E-state index contributed by atoms with van der Waals surface area (Å²) in [7, 11) is 0. The summed E-state index contributed by atoms with van der Waals surface area (Å²) in [5.41, 5.74) is 0. The van der Waals surface area contributed by atoms with Gasteiger partial charge in [-0.3, -0.25) is 4.79 Å². The van der Waals surface area contributed by atoms with E-state index >= 15 is 0 Å². The minimum absolute atomic E-state index is 0.00615. The van der Waals surface area contributed by atoms with E-state index in [1.54, 1.807) is 13.0 Å². The second kappa shape index (κ2) is 6.96. The Labute approximate surface area is 106 Å². The number of benzene rings is 1. The molecule has 0 aliphatic rings. The summed E-state index contributed by atoms with van der Waals surface area (Å²) in [5.74, 6) is -0.418. The number of aliphatic hydroxyl groups excluding tert-OH is 1. The monoisotopic (exact) mass is 255 g/mol.